The normalized spacial score (nSPS) is 15.8. The molecule has 1 saturated heterocycles. The third-order valence-electron chi connectivity index (χ3n) is 4.22. The fourth-order valence-corrected chi connectivity index (χ4v) is 3.13. The average Bonchev–Trinajstić information content (AvgIpc) is 2.55. The highest BCUT2D eigenvalue weighted by atomic mass is 32.1. The van der Waals surface area contributed by atoms with Crippen molar-refractivity contribution in [1.82, 2.24) is 9.80 Å². The first kappa shape index (κ1) is 17.2. The maximum Gasteiger partial charge on any atom is 0.173 e. The van der Waals surface area contributed by atoms with Crippen LogP contribution in [0.1, 0.15) is 38.7 Å². The summed E-state index contributed by atoms with van der Waals surface area (Å²) in [6.45, 7) is 9.96. The predicted octanol–water partition coefficient (Wildman–Crippen LogP) is 3.75. The second-order valence-electron chi connectivity index (χ2n) is 6.06. The molecule has 1 heterocycles. The van der Waals surface area contributed by atoms with E-state index in [0.717, 1.165) is 37.0 Å². The van der Waals surface area contributed by atoms with Crippen molar-refractivity contribution in [3.8, 4) is 0 Å². The summed E-state index contributed by atoms with van der Waals surface area (Å²) in [5.74, 6) is 0. The van der Waals surface area contributed by atoms with E-state index < -0.39 is 0 Å². The molecule has 1 aromatic rings. The summed E-state index contributed by atoms with van der Waals surface area (Å²) < 4.78 is 0. The monoisotopic (exact) mass is 319 g/mol. The van der Waals surface area contributed by atoms with Gasteiger partial charge in [-0.15, -0.1) is 0 Å². The molecule has 1 aliphatic heterocycles. The van der Waals surface area contributed by atoms with Gasteiger partial charge >= 0.3 is 0 Å². The fourth-order valence-electron chi connectivity index (χ4n) is 2.83. The Balaban J connectivity index is 1.79. The number of nitrogens with zero attached hydrogens (tertiary/aromatic N) is 2. The molecule has 0 unspecified atom stereocenters. The molecule has 4 heteroatoms. The van der Waals surface area contributed by atoms with Gasteiger partial charge in [-0.1, -0.05) is 32.4 Å². The van der Waals surface area contributed by atoms with E-state index in [0.29, 0.717) is 0 Å². The molecule has 0 atom stereocenters. The van der Waals surface area contributed by atoms with Crippen LogP contribution in [-0.2, 0) is 6.42 Å². The minimum Gasteiger partial charge on any atom is -0.346 e. The van der Waals surface area contributed by atoms with Crippen LogP contribution < -0.4 is 5.32 Å². The largest absolute Gasteiger partial charge is 0.346 e. The molecule has 2 rings (SSSR count). The van der Waals surface area contributed by atoms with E-state index >= 15 is 0 Å². The number of benzene rings is 1. The number of hydrogen-bond donors (Lipinski definition) is 1. The second-order valence-corrected chi connectivity index (χ2v) is 6.45. The predicted molar refractivity (Wildman–Crippen MR) is 99.6 cm³/mol. The lowest BCUT2D eigenvalue weighted by Gasteiger charge is -2.36. The maximum absolute atomic E-state index is 5.56. The van der Waals surface area contributed by atoms with Crippen molar-refractivity contribution in [2.45, 2.75) is 39.5 Å². The molecule has 3 nitrogen and oxygen atoms in total. The van der Waals surface area contributed by atoms with Crippen LogP contribution >= 0.6 is 12.2 Å². The third-order valence-corrected chi connectivity index (χ3v) is 4.58. The van der Waals surface area contributed by atoms with Crippen molar-refractivity contribution >= 4 is 23.0 Å². The summed E-state index contributed by atoms with van der Waals surface area (Å²) >= 11 is 5.56. The van der Waals surface area contributed by atoms with Crippen LogP contribution in [0.2, 0.25) is 0 Å². The van der Waals surface area contributed by atoms with Crippen molar-refractivity contribution in [3.05, 3.63) is 29.8 Å². The molecule has 0 bridgehead atoms. The van der Waals surface area contributed by atoms with Gasteiger partial charge in [0.05, 0.1) is 0 Å². The summed E-state index contributed by atoms with van der Waals surface area (Å²) in [7, 11) is 0. The summed E-state index contributed by atoms with van der Waals surface area (Å²) in [5, 5.41) is 4.24. The van der Waals surface area contributed by atoms with E-state index in [9.17, 15) is 0 Å². The molecule has 122 valence electrons. The van der Waals surface area contributed by atoms with Crippen molar-refractivity contribution < 1.29 is 0 Å². The molecule has 1 aliphatic rings. The van der Waals surface area contributed by atoms with Gasteiger partial charge in [-0.3, -0.25) is 4.90 Å². The number of piperazine rings is 1. The lowest BCUT2D eigenvalue weighted by atomic mass is 10.1. The molecular weight excluding hydrogens is 290 g/mol. The van der Waals surface area contributed by atoms with Gasteiger partial charge in [0.2, 0.25) is 0 Å². The number of hydrogen-bond acceptors (Lipinski definition) is 2. The van der Waals surface area contributed by atoms with E-state index in [1.165, 1.54) is 37.8 Å². The molecule has 0 saturated carbocycles. The average molecular weight is 320 g/mol. The van der Waals surface area contributed by atoms with Crippen molar-refractivity contribution in [3.63, 3.8) is 0 Å². The first-order chi connectivity index (χ1) is 10.7. The van der Waals surface area contributed by atoms with Crippen LogP contribution in [0.25, 0.3) is 0 Å². The van der Waals surface area contributed by atoms with Gasteiger partial charge in [0, 0.05) is 31.9 Å². The Morgan fingerprint density at radius 2 is 1.73 bits per heavy atom. The van der Waals surface area contributed by atoms with E-state index in [1.54, 1.807) is 0 Å². The number of nitrogens with one attached hydrogen (secondary N) is 1. The third kappa shape index (κ3) is 5.25. The highest BCUT2D eigenvalue weighted by Crippen LogP contribution is 2.13. The zero-order valence-electron chi connectivity index (χ0n) is 14.0. The fraction of sp³-hybridized carbons (Fsp3) is 0.611. The topological polar surface area (TPSA) is 18.5 Å². The van der Waals surface area contributed by atoms with Gasteiger partial charge < -0.3 is 10.2 Å². The molecule has 1 aromatic carbocycles. The zero-order chi connectivity index (χ0) is 15.8. The zero-order valence-corrected chi connectivity index (χ0v) is 14.8. The van der Waals surface area contributed by atoms with Crippen LogP contribution in [-0.4, -0.2) is 47.6 Å². The highest BCUT2D eigenvalue weighted by Gasteiger charge is 2.18. The van der Waals surface area contributed by atoms with Gasteiger partial charge in [-0.2, -0.15) is 0 Å². The van der Waals surface area contributed by atoms with Crippen LogP contribution in [0, 0.1) is 0 Å². The van der Waals surface area contributed by atoms with E-state index in [2.05, 4.69) is 53.2 Å². The van der Waals surface area contributed by atoms with Gasteiger partial charge in [0.25, 0.3) is 0 Å². The van der Waals surface area contributed by atoms with Gasteiger partial charge in [0.1, 0.15) is 0 Å². The number of rotatable bonds is 6. The van der Waals surface area contributed by atoms with E-state index in [1.807, 2.05) is 0 Å². The minimum absolute atomic E-state index is 0.859. The quantitative estimate of drug-likeness (QED) is 0.805. The van der Waals surface area contributed by atoms with Crippen molar-refractivity contribution in [2.75, 3.05) is 38.0 Å². The molecule has 0 aliphatic carbocycles. The Morgan fingerprint density at radius 3 is 2.32 bits per heavy atom. The first-order valence-electron chi connectivity index (χ1n) is 8.60. The van der Waals surface area contributed by atoms with Gasteiger partial charge in [-0.25, -0.2) is 0 Å². The number of anilines is 1. The molecule has 0 spiro atoms. The van der Waals surface area contributed by atoms with Crippen LogP contribution in [0.3, 0.4) is 0 Å². The molecule has 22 heavy (non-hydrogen) atoms. The number of thiocarbonyl (C=S) groups is 1. The SMILES string of the molecule is CCCCc1ccc(NC(=S)N2CCN(CCC)CC2)cc1. The number of unbranched alkanes of at least 4 members (excludes halogenated alkanes) is 1. The number of aryl methyl sites for hydroxylation is 1. The Labute approximate surface area is 140 Å². The summed E-state index contributed by atoms with van der Waals surface area (Å²) in [6.07, 6.45) is 4.90. The first-order valence-corrected chi connectivity index (χ1v) is 9.01. The molecule has 1 N–H and O–H groups in total. The second kappa shape index (κ2) is 9.11. The molecular formula is C18H29N3S. The van der Waals surface area contributed by atoms with Gasteiger partial charge in [-0.05, 0) is 55.7 Å². The minimum atomic E-state index is 0.859. The molecule has 1 fully saturated rings. The van der Waals surface area contributed by atoms with Crippen LogP contribution in [0.5, 0.6) is 0 Å². The van der Waals surface area contributed by atoms with Gasteiger partial charge in [0.15, 0.2) is 5.11 Å². The maximum atomic E-state index is 5.56. The Morgan fingerprint density at radius 1 is 1.05 bits per heavy atom. The lowest BCUT2D eigenvalue weighted by molar-refractivity contribution is 0.184. The molecule has 0 amide bonds. The standard InChI is InChI=1S/C18H29N3S/c1-3-5-6-16-7-9-17(10-8-16)19-18(22)21-14-12-20(11-4-2)13-15-21/h7-10H,3-6,11-15H2,1-2H3,(H,19,22). The summed E-state index contributed by atoms with van der Waals surface area (Å²) in [4.78, 5) is 4.80. The Kier molecular flexibility index (Phi) is 7.13. The van der Waals surface area contributed by atoms with Crippen molar-refractivity contribution in [2.24, 2.45) is 0 Å². The Bertz CT molecular complexity index is 450. The van der Waals surface area contributed by atoms with Crippen LogP contribution in [0.15, 0.2) is 24.3 Å². The summed E-state index contributed by atoms with van der Waals surface area (Å²) in [6, 6.07) is 8.70. The molecule has 0 aromatic heterocycles. The summed E-state index contributed by atoms with van der Waals surface area (Å²) in [5.41, 5.74) is 2.51. The van der Waals surface area contributed by atoms with Crippen LogP contribution in [0.4, 0.5) is 5.69 Å². The lowest BCUT2D eigenvalue weighted by Crippen LogP contribution is -2.49. The van der Waals surface area contributed by atoms with E-state index in [4.69, 9.17) is 12.2 Å². The Hall–Kier alpha value is -1.13. The van der Waals surface area contributed by atoms with E-state index in [-0.39, 0.29) is 0 Å². The smallest absolute Gasteiger partial charge is 0.173 e. The molecule has 0 radical (unpaired) electrons. The van der Waals surface area contributed by atoms with Crippen molar-refractivity contribution in [1.29, 1.82) is 0 Å². The highest BCUT2D eigenvalue weighted by molar-refractivity contribution is 7.80.